The summed E-state index contributed by atoms with van der Waals surface area (Å²) in [7, 11) is -1.06. The second-order valence-corrected chi connectivity index (χ2v) is 9.76. The van der Waals surface area contributed by atoms with E-state index in [2.05, 4.69) is 10.6 Å². The van der Waals surface area contributed by atoms with Crippen molar-refractivity contribution in [2.45, 2.75) is 37.3 Å². The molecule has 1 heterocycles. The number of amides is 3. The highest BCUT2D eigenvalue weighted by molar-refractivity contribution is 7.89. The highest BCUT2D eigenvalue weighted by Crippen LogP contribution is 2.22. The third-order valence-electron chi connectivity index (χ3n) is 3.83. The van der Waals surface area contributed by atoms with Gasteiger partial charge in [-0.05, 0) is 39.0 Å². The fraction of sp³-hybridized carbons (Fsp3) is 0.529. The molecule has 2 rings (SSSR count). The first-order valence-electron chi connectivity index (χ1n) is 8.57. The van der Waals surface area contributed by atoms with E-state index in [1.807, 2.05) is 0 Å². The van der Waals surface area contributed by atoms with Crippen LogP contribution in [0.2, 0.25) is 0 Å². The number of likely N-dealkylation sites (tertiary alicyclic amines) is 1. The first-order valence-corrected chi connectivity index (χ1v) is 10.0. The highest BCUT2D eigenvalue weighted by atomic mass is 32.2. The summed E-state index contributed by atoms with van der Waals surface area (Å²) in [4.78, 5) is 25.2. The largest absolute Gasteiger partial charge is 0.444 e. The smallest absolute Gasteiger partial charge is 0.410 e. The van der Waals surface area contributed by atoms with Gasteiger partial charge < -0.3 is 20.3 Å². The average Bonchev–Trinajstić information content (AvgIpc) is 2.50. The Bertz CT molecular complexity index is 861. The van der Waals surface area contributed by atoms with Crippen molar-refractivity contribution < 1.29 is 27.1 Å². The van der Waals surface area contributed by atoms with Gasteiger partial charge in [-0.1, -0.05) is 0 Å². The van der Waals surface area contributed by atoms with Crippen molar-refractivity contribution >= 4 is 27.8 Å². The summed E-state index contributed by atoms with van der Waals surface area (Å²) in [5, 5.41) is 4.90. The topological polar surface area (TPSA) is 108 Å². The van der Waals surface area contributed by atoms with Gasteiger partial charge >= 0.3 is 12.1 Å². The fourth-order valence-electron chi connectivity index (χ4n) is 2.36. The summed E-state index contributed by atoms with van der Waals surface area (Å²) >= 11 is 0. The van der Waals surface area contributed by atoms with Gasteiger partial charge in [-0.3, -0.25) is 0 Å². The molecule has 2 N–H and O–H groups in total. The van der Waals surface area contributed by atoms with Gasteiger partial charge in [-0.2, -0.15) is 0 Å². The zero-order valence-corrected chi connectivity index (χ0v) is 17.3. The molecule has 0 unspecified atom stereocenters. The lowest BCUT2D eigenvalue weighted by molar-refractivity contribution is 0.00649. The van der Waals surface area contributed by atoms with E-state index in [1.54, 1.807) is 20.8 Å². The number of hydrogen-bond donors (Lipinski definition) is 2. The third kappa shape index (κ3) is 5.32. The SMILES string of the molecule is CN(C)S(=O)(=O)c1ccc(F)c(NC(=O)NC2CN(C(=O)OC(C)(C)C)C2)c1. The summed E-state index contributed by atoms with van der Waals surface area (Å²) in [5.41, 5.74) is -0.869. The van der Waals surface area contributed by atoms with Crippen molar-refractivity contribution in [3.8, 4) is 0 Å². The quantitative estimate of drug-likeness (QED) is 0.778. The molecular weight excluding hydrogens is 391 g/mol. The molecule has 0 aromatic heterocycles. The molecule has 0 saturated carbocycles. The molecule has 1 saturated heterocycles. The Kier molecular flexibility index (Phi) is 6.19. The van der Waals surface area contributed by atoms with Gasteiger partial charge in [0.25, 0.3) is 0 Å². The van der Waals surface area contributed by atoms with Crippen molar-refractivity contribution in [2.24, 2.45) is 0 Å². The van der Waals surface area contributed by atoms with Crippen molar-refractivity contribution in [3.05, 3.63) is 24.0 Å². The molecule has 0 aliphatic carbocycles. The number of halogens is 1. The summed E-state index contributed by atoms with van der Waals surface area (Å²) in [6.45, 7) is 5.80. The summed E-state index contributed by atoms with van der Waals surface area (Å²) in [6.07, 6.45) is -0.474. The Morgan fingerprint density at radius 1 is 1.25 bits per heavy atom. The Morgan fingerprint density at radius 2 is 1.86 bits per heavy atom. The number of anilines is 1. The van der Waals surface area contributed by atoms with Gasteiger partial charge in [-0.25, -0.2) is 26.7 Å². The number of benzene rings is 1. The number of rotatable bonds is 4. The number of urea groups is 1. The van der Waals surface area contributed by atoms with Gasteiger partial charge in [-0.15, -0.1) is 0 Å². The highest BCUT2D eigenvalue weighted by Gasteiger charge is 2.34. The summed E-state index contributed by atoms with van der Waals surface area (Å²) < 4.78 is 44.4. The number of carbonyl (C=O) groups is 2. The number of hydrogen-bond acceptors (Lipinski definition) is 5. The zero-order chi connectivity index (χ0) is 21.3. The lowest BCUT2D eigenvalue weighted by Gasteiger charge is -2.39. The van der Waals surface area contributed by atoms with Gasteiger partial charge in [0.15, 0.2) is 0 Å². The van der Waals surface area contributed by atoms with Crippen molar-refractivity contribution in [1.29, 1.82) is 0 Å². The monoisotopic (exact) mass is 416 g/mol. The number of nitrogens with one attached hydrogen (secondary N) is 2. The molecule has 156 valence electrons. The lowest BCUT2D eigenvalue weighted by atomic mass is 10.1. The molecule has 0 bridgehead atoms. The minimum atomic E-state index is -3.76. The summed E-state index contributed by atoms with van der Waals surface area (Å²) in [5.74, 6) is -0.767. The number of carbonyl (C=O) groups excluding carboxylic acids is 2. The molecule has 3 amide bonds. The standard InChI is InChI=1S/C17H25FN4O5S/c1-17(2,3)27-16(24)22-9-11(10-22)19-15(23)20-14-8-12(6-7-13(14)18)28(25,26)21(4)5/h6-8,11H,9-10H2,1-5H3,(H2,19,20,23). The Morgan fingerprint density at radius 3 is 2.39 bits per heavy atom. The first-order chi connectivity index (χ1) is 12.8. The van der Waals surface area contributed by atoms with E-state index >= 15 is 0 Å². The normalized spacial score (nSPS) is 15.2. The van der Waals surface area contributed by atoms with Gasteiger partial charge in [0.05, 0.1) is 16.6 Å². The van der Waals surface area contributed by atoms with Gasteiger partial charge in [0.1, 0.15) is 11.4 Å². The van der Waals surface area contributed by atoms with Crippen LogP contribution in [0.25, 0.3) is 0 Å². The molecule has 1 aliphatic rings. The van der Waals surface area contributed by atoms with Crippen LogP contribution in [-0.2, 0) is 14.8 Å². The minimum absolute atomic E-state index is 0.144. The second kappa shape index (κ2) is 7.92. The third-order valence-corrected chi connectivity index (χ3v) is 5.64. The molecular formula is C17H25FN4O5S. The predicted octanol–water partition coefficient (Wildman–Crippen LogP) is 1.82. The molecule has 28 heavy (non-hydrogen) atoms. The van der Waals surface area contributed by atoms with E-state index in [0.29, 0.717) is 0 Å². The van der Waals surface area contributed by atoms with Gasteiger partial charge in [0, 0.05) is 27.2 Å². The Labute approximate surface area is 163 Å². The maximum absolute atomic E-state index is 14.0. The number of ether oxygens (including phenoxy) is 1. The van der Waals surface area contributed by atoms with Crippen molar-refractivity contribution in [1.82, 2.24) is 14.5 Å². The van der Waals surface area contributed by atoms with E-state index in [0.717, 1.165) is 22.5 Å². The minimum Gasteiger partial charge on any atom is -0.444 e. The first kappa shape index (κ1) is 21.9. The van der Waals surface area contributed by atoms with Crippen molar-refractivity contribution in [3.63, 3.8) is 0 Å². The maximum atomic E-state index is 14.0. The van der Waals surface area contributed by atoms with Crippen LogP contribution in [0.5, 0.6) is 0 Å². The van der Waals surface area contributed by atoms with E-state index in [4.69, 9.17) is 4.74 Å². The molecule has 1 aromatic carbocycles. The molecule has 1 aliphatic heterocycles. The predicted molar refractivity (Wildman–Crippen MR) is 101 cm³/mol. The molecule has 1 fully saturated rings. The molecule has 0 radical (unpaired) electrons. The molecule has 0 atom stereocenters. The number of sulfonamides is 1. The van der Waals surface area contributed by atoms with Crippen LogP contribution in [0.4, 0.5) is 19.7 Å². The average molecular weight is 416 g/mol. The molecule has 0 spiro atoms. The van der Waals surface area contributed by atoms with Crippen LogP contribution in [0.15, 0.2) is 23.1 Å². The van der Waals surface area contributed by atoms with Crippen LogP contribution < -0.4 is 10.6 Å². The number of nitrogens with zero attached hydrogens (tertiary/aromatic N) is 2. The van der Waals surface area contributed by atoms with Crippen LogP contribution in [0.1, 0.15) is 20.8 Å². The molecule has 1 aromatic rings. The van der Waals surface area contributed by atoms with Crippen LogP contribution in [0, 0.1) is 5.82 Å². The Balaban J connectivity index is 1.94. The van der Waals surface area contributed by atoms with Crippen LogP contribution in [-0.4, -0.2) is 68.6 Å². The van der Waals surface area contributed by atoms with E-state index in [-0.39, 0.29) is 29.7 Å². The fourth-order valence-corrected chi connectivity index (χ4v) is 3.29. The van der Waals surface area contributed by atoms with E-state index < -0.39 is 33.6 Å². The zero-order valence-electron chi connectivity index (χ0n) is 16.4. The van der Waals surface area contributed by atoms with Crippen LogP contribution in [0.3, 0.4) is 0 Å². The maximum Gasteiger partial charge on any atom is 0.410 e. The lowest BCUT2D eigenvalue weighted by Crippen LogP contribution is -2.62. The van der Waals surface area contributed by atoms with Crippen molar-refractivity contribution in [2.75, 3.05) is 32.5 Å². The molecule has 11 heteroatoms. The molecule has 9 nitrogen and oxygen atoms in total. The van der Waals surface area contributed by atoms with E-state index in [1.165, 1.54) is 19.0 Å². The van der Waals surface area contributed by atoms with Crippen LogP contribution >= 0.6 is 0 Å². The van der Waals surface area contributed by atoms with Gasteiger partial charge in [0.2, 0.25) is 10.0 Å². The summed E-state index contributed by atoms with van der Waals surface area (Å²) in [6, 6.07) is 2.13. The Hall–Kier alpha value is -2.40. The van der Waals surface area contributed by atoms with E-state index in [9.17, 15) is 22.4 Å². The second-order valence-electron chi connectivity index (χ2n) is 7.61.